The second-order valence-electron chi connectivity index (χ2n) is 14.8. The molecule has 14 heteroatoms. The van der Waals surface area contributed by atoms with E-state index in [0.29, 0.717) is 23.3 Å². The van der Waals surface area contributed by atoms with Crippen LogP contribution in [0.5, 0.6) is 0 Å². The number of pyridine rings is 1. The van der Waals surface area contributed by atoms with Gasteiger partial charge in [0.25, 0.3) is 11.1 Å². The number of nitrogens with zero attached hydrogens (tertiary/aromatic N) is 8. The molecule has 1 aliphatic heterocycles. The fourth-order valence-electron chi connectivity index (χ4n) is 7.35. The highest BCUT2D eigenvalue weighted by Gasteiger charge is 2.51. The highest BCUT2D eigenvalue weighted by Crippen LogP contribution is 2.53. The van der Waals surface area contributed by atoms with E-state index < -0.39 is 22.8 Å². The summed E-state index contributed by atoms with van der Waals surface area (Å²) < 4.78 is 34.4. The molecule has 3 fully saturated rings. The summed E-state index contributed by atoms with van der Waals surface area (Å²) in [6.45, 7) is 3.61. The van der Waals surface area contributed by atoms with E-state index in [1.54, 1.807) is 31.7 Å². The molecule has 0 saturated heterocycles. The van der Waals surface area contributed by atoms with Gasteiger partial charge in [0.1, 0.15) is 29.0 Å². The van der Waals surface area contributed by atoms with Crippen molar-refractivity contribution in [1.82, 2.24) is 38.9 Å². The topological polar surface area (TPSA) is 125 Å². The number of carbonyl (C=O) groups excluding carboxylic acids is 2. The smallest absolute Gasteiger partial charge is 0.259 e. The summed E-state index contributed by atoms with van der Waals surface area (Å²) in [5.41, 5.74) is 5.64. The van der Waals surface area contributed by atoms with Crippen LogP contribution in [0.25, 0.3) is 22.9 Å². The molecule has 1 amide bonds. The Kier molecular flexibility index (Phi) is 8.29. The fraction of sp³-hybridized carbons (Fsp3) is 0.325. The highest BCUT2D eigenvalue weighted by atomic mass is 35.5. The number of anilines is 1. The van der Waals surface area contributed by atoms with Crippen LogP contribution in [0.2, 0.25) is 0 Å². The number of benzene rings is 2. The number of rotatable bonds is 8. The lowest BCUT2D eigenvalue weighted by atomic mass is 10.1. The molecule has 10 rings (SSSR count). The molecule has 4 aromatic heterocycles. The zero-order chi connectivity index (χ0) is 37.3. The van der Waals surface area contributed by atoms with Crippen LogP contribution in [0.1, 0.15) is 106 Å². The first-order valence-electron chi connectivity index (χ1n) is 18.2. The molecule has 3 aliphatic carbocycles. The molecule has 2 aromatic carbocycles. The van der Waals surface area contributed by atoms with E-state index in [9.17, 15) is 18.4 Å². The van der Waals surface area contributed by atoms with Gasteiger partial charge in [-0.25, -0.2) is 23.7 Å². The summed E-state index contributed by atoms with van der Waals surface area (Å²) in [7, 11) is 0. The number of amides is 1. The Morgan fingerprint density at radius 3 is 1.98 bits per heavy atom. The van der Waals surface area contributed by atoms with Crippen LogP contribution in [0.15, 0.2) is 67.5 Å². The van der Waals surface area contributed by atoms with Crippen LogP contribution in [0.4, 0.5) is 14.6 Å². The third kappa shape index (κ3) is 6.40. The molecule has 5 heterocycles. The van der Waals surface area contributed by atoms with E-state index in [2.05, 4.69) is 35.0 Å². The second kappa shape index (κ2) is 13.1. The average Bonchev–Trinajstić information content (AvgIpc) is 4.12. The first kappa shape index (κ1) is 34.2. The predicted octanol–water partition coefficient (Wildman–Crippen LogP) is 8.11. The van der Waals surface area contributed by atoms with Crippen molar-refractivity contribution in [3.05, 3.63) is 119 Å². The lowest BCUT2D eigenvalue weighted by Gasteiger charge is -2.14. The number of nitrogens with one attached hydrogen (secondary N) is 1. The van der Waals surface area contributed by atoms with Gasteiger partial charge in [-0.1, -0.05) is 6.07 Å². The Morgan fingerprint density at radius 2 is 1.41 bits per heavy atom. The number of hydrogen-bond donors (Lipinski definition) is 1. The lowest BCUT2D eigenvalue weighted by molar-refractivity contribution is 0.102. The monoisotopic (exact) mass is 747 g/mol. The average molecular weight is 748 g/mol. The minimum atomic E-state index is -0.790. The van der Waals surface area contributed by atoms with Crippen LogP contribution >= 0.6 is 11.6 Å². The molecule has 3 saturated carbocycles. The summed E-state index contributed by atoms with van der Waals surface area (Å²) >= 11 is 5.38. The molecule has 6 aromatic rings. The van der Waals surface area contributed by atoms with Gasteiger partial charge < -0.3 is 19.0 Å². The van der Waals surface area contributed by atoms with Gasteiger partial charge in [-0.15, -0.1) is 10.2 Å². The van der Waals surface area contributed by atoms with Crippen molar-refractivity contribution in [3.63, 3.8) is 0 Å². The van der Waals surface area contributed by atoms with Crippen molar-refractivity contribution in [2.24, 2.45) is 0 Å². The first-order chi connectivity index (χ1) is 26.1. The minimum Gasteiger partial charge on any atom is -0.306 e. The van der Waals surface area contributed by atoms with Crippen molar-refractivity contribution in [2.75, 3.05) is 5.32 Å². The van der Waals surface area contributed by atoms with E-state index in [1.165, 1.54) is 31.0 Å². The van der Waals surface area contributed by atoms with Crippen molar-refractivity contribution >= 4 is 28.6 Å². The maximum atomic E-state index is 14.9. The SMILES string of the molecule is Cc1cc(F)c(C(=O)Cl)cc1-n1cnc(C2CC2)c1.Cc1cc(F)c(C(=O)Nc2cccc(-c3nnc4n3C3(CC4)CC3)n2)cc1-n1cnc(C2CC2)c1. The van der Waals surface area contributed by atoms with E-state index >= 15 is 0 Å². The molecule has 0 radical (unpaired) electrons. The molecular weight excluding hydrogens is 712 g/mol. The molecular formula is C40H36ClF2N9O2. The Morgan fingerprint density at radius 1 is 0.815 bits per heavy atom. The molecule has 54 heavy (non-hydrogen) atoms. The van der Waals surface area contributed by atoms with Crippen LogP contribution < -0.4 is 5.32 Å². The summed E-state index contributed by atoms with van der Waals surface area (Å²) in [4.78, 5) is 37.7. The Balaban J connectivity index is 0.000000171. The van der Waals surface area contributed by atoms with Gasteiger partial charge in [0.15, 0.2) is 5.82 Å². The Bertz CT molecular complexity index is 2470. The van der Waals surface area contributed by atoms with E-state index in [-0.39, 0.29) is 16.7 Å². The molecule has 274 valence electrons. The van der Waals surface area contributed by atoms with Crippen molar-refractivity contribution in [3.8, 4) is 22.9 Å². The highest BCUT2D eigenvalue weighted by molar-refractivity contribution is 6.67. The standard InChI is InChI=1S/C26H24FN7O.C14H12ClFN2O/c1-15-11-18(27)17(12-21(15)33-13-20(28-14-33)16-5-6-16)25(35)30-22-4-2-3-19(29-22)24-32-31-23-7-8-26(9-10-26)34(23)24;1-8-4-11(16)10(14(15)19)5-13(8)18-6-12(17-7-18)9-2-3-9/h2-4,11-14,16H,5-10H2,1H3,(H,29,30,35);4-7,9H,2-3H2,1H3. The maximum absolute atomic E-state index is 14.9. The predicted molar refractivity (Wildman–Crippen MR) is 197 cm³/mol. The first-order valence-corrected chi connectivity index (χ1v) is 18.6. The fourth-order valence-corrected chi connectivity index (χ4v) is 7.50. The normalized spacial score (nSPS) is 16.5. The number of fused-ring (bicyclic) bond motifs is 2. The van der Waals surface area contributed by atoms with Gasteiger partial charge in [0, 0.05) is 36.2 Å². The zero-order valence-corrected chi connectivity index (χ0v) is 30.4. The number of aromatic nitrogens is 8. The zero-order valence-electron chi connectivity index (χ0n) is 29.7. The molecule has 0 atom stereocenters. The summed E-state index contributed by atoms with van der Waals surface area (Å²) in [5, 5.41) is 10.7. The summed E-state index contributed by atoms with van der Waals surface area (Å²) in [5.74, 6) is 1.40. The summed E-state index contributed by atoms with van der Waals surface area (Å²) in [6.07, 6.45) is 16.2. The molecule has 11 nitrogen and oxygen atoms in total. The molecule has 1 spiro atoms. The van der Waals surface area contributed by atoms with Gasteiger partial charge in [-0.2, -0.15) is 0 Å². The lowest BCUT2D eigenvalue weighted by Crippen LogP contribution is -2.16. The number of carbonyl (C=O) groups is 2. The van der Waals surface area contributed by atoms with Crippen LogP contribution in [-0.2, 0) is 12.0 Å². The van der Waals surface area contributed by atoms with E-state index in [1.807, 2.05) is 40.6 Å². The van der Waals surface area contributed by atoms with Crippen molar-refractivity contribution < 1.29 is 18.4 Å². The molecule has 0 unspecified atom stereocenters. The van der Waals surface area contributed by atoms with Crippen LogP contribution in [-0.4, -0.2) is 50.0 Å². The number of halogens is 3. The molecule has 1 N–H and O–H groups in total. The van der Waals surface area contributed by atoms with E-state index in [4.69, 9.17) is 11.6 Å². The van der Waals surface area contributed by atoms with Crippen molar-refractivity contribution in [2.45, 2.75) is 82.6 Å². The van der Waals surface area contributed by atoms with Gasteiger partial charge in [0.05, 0.1) is 46.5 Å². The summed E-state index contributed by atoms with van der Waals surface area (Å²) in [6, 6.07) is 11.1. The van der Waals surface area contributed by atoms with Crippen molar-refractivity contribution in [1.29, 1.82) is 0 Å². The third-order valence-electron chi connectivity index (χ3n) is 10.8. The van der Waals surface area contributed by atoms with Crippen LogP contribution in [0, 0.1) is 25.5 Å². The number of imidazole rings is 2. The van der Waals surface area contributed by atoms with Gasteiger partial charge in [0.2, 0.25) is 0 Å². The Labute approximate surface area is 314 Å². The minimum absolute atomic E-state index is 0.0419. The van der Waals surface area contributed by atoms with Gasteiger partial charge in [-0.05, 0) is 118 Å². The maximum Gasteiger partial charge on any atom is 0.259 e. The molecule has 0 bridgehead atoms. The molecule has 4 aliphatic rings. The largest absolute Gasteiger partial charge is 0.306 e. The van der Waals surface area contributed by atoms with E-state index in [0.717, 1.165) is 84.1 Å². The van der Waals surface area contributed by atoms with Gasteiger partial charge in [-0.3, -0.25) is 9.59 Å². The third-order valence-corrected chi connectivity index (χ3v) is 11.0. The quantitative estimate of drug-likeness (QED) is 0.156. The van der Waals surface area contributed by atoms with Gasteiger partial charge >= 0.3 is 0 Å². The Hall–Kier alpha value is -5.56. The van der Waals surface area contributed by atoms with Crippen LogP contribution in [0.3, 0.4) is 0 Å². The number of hydrogen-bond acceptors (Lipinski definition) is 7. The second-order valence-corrected chi connectivity index (χ2v) is 15.2. The number of aryl methyl sites for hydroxylation is 3.